The van der Waals surface area contributed by atoms with Gasteiger partial charge in [-0.25, -0.2) is 28.1 Å². The number of amides is 1. The summed E-state index contributed by atoms with van der Waals surface area (Å²) in [7, 11) is 0. The zero-order chi connectivity index (χ0) is 28.2. The number of anilines is 2. The highest BCUT2D eigenvalue weighted by Crippen LogP contribution is 2.35. The quantitative estimate of drug-likeness (QED) is 0.300. The van der Waals surface area contributed by atoms with Gasteiger partial charge in [0.25, 0.3) is 12.3 Å². The molecular formula is C26H24ClF3N8O2. The standard InChI is InChI=1S/C26H24ClF3N8O2/c27-19-4-3-18(24(29)30)22(23(19)28)20-11-31-12-21(36-20)25(40)35-16-10-34-37(14-16)13-15-8-32-26(33-9-15)38-6-1-2-17(38)5-7-39/h3-4,8-12,14,17,24,39H,1-2,5-7,13H2,(H,35,40). The Balaban J connectivity index is 1.26. The van der Waals surface area contributed by atoms with E-state index in [-0.39, 0.29) is 29.1 Å². The minimum Gasteiger partial charge on any atom is -0.396 e. The molecule has 0 radical (unpaired) electrons. The van der Waals surface area contributed by atoms with Crippen molar-refractivity contribution in [1.29, 1.82) is 0 Å². The highest BCUT2D eigenvalue weighted by atomic mass is 35.5. The second-order valence-corrected chi connectivity index (χ2v) is 9.60. The molecule has 1 fully saturated rings. The molecule has 208 valence electrons. The van der Waals surface area contributed by atoms with Crippen LogP contribution in [-0.2, 0) is 6.54 Å². The lowest BCUT2D eigenvalue weighted by molar-refractivity contribution is 0.102. The van der Waals surface area contributed by atoms with Crippen molar-refractivity contribution in [3.63, 3.8) is 0 Å². The number of rotatable bonds is 9. The fourth-order valence-electron chi connectivity index (χ4n) is 4.63. The Labute approximate surface area is 231 Å². The van der Waals surface area contributed by atoms with Crippen LogP contribution in [0, 0.1) is 5.82 Å². The molecule has 1 aromatic carbocycles. The van der Waals surface area contributed by atoms with Gasteiger partial charge in [0, 0.05) is 54.5 Å². The van der Waals surface area contributed by atoms with Gasteiger partial charge in [-0.3, -0.25) is 14.5 Å². The molecule has 3 aromatic heterocycles. The number of carbonyl (C=O) groups excluding carboxylic acids is 1. The molecule has 0 bridgehead atoms. The van der Waals surface area contributed by atoms with Crippen molar-refractivity contribution >= 4 is 29.1 Å². The Morgan fingerprint density at radius 3 is 2.73 bits per heavy atom. The highest BCUT2D eigenvalue weighted by Gasteiger charge is 2.26. The number of halogens is 4. The predicted octanol–water partition coefficient (Wildman–Crippen LogP) is 4.51. The zero-order valence-corrected chi connectivity index (χ0v) is 21.8. The number of aromatic nitrogens is 6. The average molecular weight is 573 g/mol. The fraction of sp³-hybridized carbons (Fsp3) is 0.308. The summed E-state index contributed by atoms with van der Waals surface area (Å²) in [4.78, 5) is 31.8. The lowest BCUT2D eigenvalue weighted by Gasteiger charge is -2.23. The maximum absolute atomic E-state index is 14.7. The largest absolute Gasteiger partial charge is 0.396 e. The Kier molecular flexibility index (Phi) is 8.21. The van der Waals surface area contributed by atoms with Gasteiger partial charge in [0.2, 0.25) is 5.95 Å². The molecule has 10 nitrogen and oxygen atoms in total. The van der Waals surface area contributed by atoms with E-state index in [0.29, 0.717) is 24.6 Å². The van der Waals surface area contributed by atoms with E-state index < -0.39 is 29.3 Å². The summed E-state index contributed by atoms with van der Waals surface area (Å²) in [6.45, 7) is 1.31. The molecule has 4 heterocycles. The third-order valence-corrected chi connectivity index (χ3v) is 6.80. The van der Waals surface area contributed by atoms with Gasteiger partial charge in [-0.1, -0.05) is 17.7 Å². The van der Waals surface area contributed by atoms with E-state index in [4.69, 9.17) is 11.6 Å². The number of benzene rings is 1. The van der Waals surface area contributed by atoms with E-state index in [0.717, 1.165) is 49.5 Å². The van der Waals surface area contributed by atoms with Crippen molar-refractivity contribution in [1.82, 2.24) is 29.7 Å². The van der Waals surface area contributed by atoms with E-state index in [1.54, 1.807) is 23.3 Å². The van der Waals surface area contributed by atoms with Gasteiger partial charge < -0.3 is 15.3 Å². The van der Waals surface area contributed by atoms with Gasteiger partial charge in [-0.05, 0) is 25.3 Å². The van der Waals surface area contributed by atoms with Crippen LogP contribution in [0.1, 0.15) is 47.3 Å². The SMILES string of the molecule is O=C(Nc1cnn(Cc2cnc(N3CCCC3CCO)nc2)c1)c1cncc(-c2c(C(F)F)ccc(Cl)c2F)n1. The number of aliphatic hydroxyl groups is 1. The number of carbonyl (C=O) groups is 1. The average Bonchev–Trinajstić information content (AvgIpc) is 3.60. The van der Waals surface area contributed by atoms with Crippen molar-refractivity contribution in [3.05, 3.63) is 77.0 Å². The summed E-state index contributed by atoms with van der Waals surface area (Å²) in [5.74, 6) is -1.14. The van der Waals surface area contributed by atoms with Crippen LogP contribution < -0.4 is 10.2 Å². The minimum atomic E-state index is -2.99. The Morgan fingerprint density at radius 2 is 1.98 bits per heavy atom. The van der Waals surface area contributed by atoms with Crippen LogP contribution in [0.2, 0.25) is 5.02 Å². The van der Waals surface area contributed by atoms with Crippen LogP contribution >= 0.6 is 11.6 Å². The summed E-state index contributed by atoms with van der Waals surface area (Å²) < 4.78 is 43.2. The van der Waals surface area contributed by atoms with Crippen molar-refractivity contribution in [2.24, 2.45) is 0 Å². The molecule has 1 unspecified atom stereocenters. The summed E-state index contributed by atoms with van der Waals surface area (Å²) in [5.41, 5.74) is -0.453. The van der Waals surface area contributed by atoms with Gasteiger partial charge in [0.05, 0.1) is 41.5 Å². The second kappa shape index (κ2) is 12.0. The molecule has 0 saturated carbocycles. The molecule has 1 saturated heterocycles. The molecule has 5 rings (SSSR count). The number of nitrogens with zero attached hydrogens (tertiary/aromatic N) is 7. The summed E-state index contributed by atoms with van der Waals surface area (Å²) in [5, 5.41) is 15.8. The monoisotopic (exact) mass is 572 g/mol. The summed E-state index contributed by atoms with van der Waals surface area (Å²) in [6, 6.07) is 2.27. The predicted molar refractivity (Wildman–Crippen MR) is 141 cm³/mol. The van der Waals surface area contributed by atoms with E-state index in [1.807, 2.05) is 0 Å². The van der Waals surface area contributed by atoms with Crippen LogP contribution in [0.25, 0.3) is 11.3 Å². The second-order valence-electron chi connectivity index (χ2n) is 9.19. The van der Waals surface area contributed by atoms with E-state index in [9.17, 15) is 23.1 Å². The normalized spacial score (nSPS) is 15.2. The Hall–Kier alpha value is -4.10. The van der Waals surface area contributed by atoms with Crippen molar-refractivity contribution in [2.75, 3.05) is 23.4 Å². The first-order valence-electron chi connectivity index (χ1n) is 12.4. The molecule has 0 spiro atoms. The van der Waals surface area contributed by atoms with Gasteiger partial charge in [-0.15, -0.1) is 0 Å². The number of nitrogens with one attached hydrogen (secondary N) is 1. The first kappa shape index (κ1) is 27.5. The number of alkyl halides is 2. The summed E-state index contributed by atoms with van der Waals surface area (Å²) in [6.07, 6.45) is 8.37. The topological polar surface area (TPSA) is 122 Å². The highest BCUT2D eigenvalue weighted by molar-refractivity contribution is 6.31. The smallest absolute Gasteiger partial charge is 0.275 e. The van der Waals surface area contributed by atoms with Crippen molar-refractivity contribution in [2.45, 2.75) is 38.3 Å². The molecule has 0 aliphatic carbocycles. The number of hydrogen-bond acceptors (Lipinski definition) is 8. The number of hydrogen-bond donors (Lipinski definition) is 2. The molecule has 1 aliphatic heterocycles. The lowest BCUT2D eigenvalue weighted by atomic mass is 10.0. The van der Waals surface area contributed by atoms with Crippen LogP contribution in [0.5, 0.6) is 0 Å². The fourth-order valence-corrected chi connectivity index (χ4v) is 4.78. The first-order valence-corrected chi connectivity index (χ1v) is 12.8. The molecule has 1 aliphatic rings. The van der Waals surface area contributed by atoms with E-state index in [1.165, 1.54) is 6.20 Å². The Morgan fingerprint density at radius 1 is 1.18 bits per heavy atom. The third-order valence-electron chi connectivity index (χ3n) is 6.51. The van der Waals surface area contributed by atoms with Crippen molar-refractivity contribution < 1.29 is 23.1 Å². The maximum atomic E-state index is 14.7. The zero-order valence-electron chi connectivity index (χ0n) is 21.0. The molecule has 1 atom stereocenters. The Bertz CT molecular complexity index is 1500. The molecule has 40 heavy (non-hydrogen) atoms. The van der Waals surface area contributed by atoms with E-state index >= 15 is 0 Å². The van der Waals surface area contributed by atoms with Gasteiger partial charge in [0.1, 0.15) is 5.69 Å². The molecule has 1 amide bonds. The first-order chi connectivity index (χ1) is 19.3. The summed E-state index contributed by atoms with van der Waals surface area (Å²) >= 11 is 5.79. The van der Waals surface area contributed by atoms with Gasteiger partial charge in [0.15, 0.2) is 5.82 Å². The van der Waals surface area contributed by atoms with Crippen LogP contribution in [0.15, 0.2) is 49.3 Å². The van der Waals surface area contributed by atoms with Crippen molar-refractivity contribution in [3.8, 4) is 11.3 Å². The van der Waals surface area contributed by atoms with Gasteiger partial charge >= 0.3 is 0 Å². The van der Waals surface area contributed by atoms with Crippen LogP contribution in [-0.4, -0.2) is 59.9 Å². The molecular weight excluding hydrogens is 549 g/mol. The molecule has 14 heteroatoms. The lowest BCUT2D eigenvalue weighted by Crippen LogP contribution is -2.31. The van der Waals surface area contributed by atoms with E-state index in [2.05, 4.69) is 35.3 Å². The third kappa shape index (κ3) is 5.89. The minimum absolute atomic E-state index is 0.121. The van der Waals surface area contributed by atoms with Crippen LogP contribution in [0.4, 0.5) is 24.8 Å². The maximum Gasteiger partial charge on any atom is 0.275 e. The molecule has 4 aromatic rings. The van der Waals surface area contributed by atoms with Gasteiger partial charge in [-0.2, -0.15) is 5.10 Å². The molecule has 2 N–H and O–H groups in total. The van der Waals surface area contributed by atoms with Crippen LogP contribution in [0.3, 0.4) is 0 Å². The number of aliphatic hydroxyl groups excluding tert-OH is 1.